The molecule has 0 radical (unpaired) electrons. The van der Waals surface area contributed by atoms with Gasteiger partial charge in [-0.05, 0) is 169 Å². The largest absolute Gasteiger partial charge is 2.00 e. The molecule has 392 valence electrons. The Balaban J connectivity index is -0.000000434. The average Bonchev–Trinajstić information content (AvgIpc) is 3.89. The molecule has 1 N–H and O–H groups in total. The molecule has 0 aliphatic heterocycles. The van der Waals surface area contributed by atoms with Crippen LogP contribution in [-0.4, -0.2) is 57.6 Å². The van der Waals surface area contributed by atoms with Crippen LogP contribution in [0.25, 0.3) is 44.4 Å². The third-order valence-corrected chi connectivity index (χ3v) is 11.8. The van der Waals surface area contributed by atoms with Gasteiger partial charge in [0.25, 0.3) is 0 Å². The van der Waals surface area contributed by atoms with Crippen molar-refractivity contribution >= 4 is 107 Å². The number of nitrogens with one attached hydrogen (secondary N) is 1. The SMILES string of the molecule is Cc1cc(C)c(-c2csc(NCC(C)(C)C)n2)c(C)c1.Cc1cc(C)c(-c2csc([N-]CC(C)(C)C)n2)c(C)c1.Cc1cc(C)c(-c2csc([N-]CC(C)(C)C)n2)c(C)c1.[Br-].[CH3-].[CH3-].[CH3-].[Cl][Hf]([Cl])([Cl])[Cl].[Hf].[Mg+2]. The fraction of sp³-hybridized carbons (Fsp3) is 0.444. The zero-order chi connectivity index (χ0) is 49.2. The van der Waals surface area contributed by atoms with Crippen LogP contribution in [0.5, 0.6) is 0 Å². The molecule has 3 aromatic heterocycles. The second kappa shape index (κ2) is 34.1. The van der Waals surface area contributed by atoms with Crippen LogP contribution in [0.4, 0.5) is 15.4 Å². The molecule has 71 heavy (non-hydrogen) atoms. The van der Waals surface area contributed by atoms with Gasteiger partial charge in [-0.15, -0.1) is 11.3 Å². The first-order chi connectivity index (χ1) is 29.8. The number of aromatic nitrogens is 3. The first-order valence-electron chi connectivity index (χ1n) is 21.7. The minimum absolute atomic E-state index is 0. The van der Waals surface area contributed by atoms with Crippen molar-refractivity contribution in [1.29, 1.82) is 0 Å². The van der Waals surface area contributed by atoms with Gasteiger partial charge in [-0.1, -0.05) is 115 Å². The summed E-state index contributed by atoms with van der Waals surface area (Å²) in [6, 6.07) is 13.3. The fourth-order valence-electron chi connectivity index (χ4n) is 7.08. The molecule has 0 atom stereocenters. The van der Waals surface area contributed by atoms with Gasteiger partial charge in [0.2, 0.25) is 0 Å². The second-order valence-electron chi connectivity index (χ2n) is 20.5. The summed E-state index contributed by atoms with van der Waals surface area (Å²) in [5, 5.41) is 21.8. The van der Waals surface area contributed by atoms with Crippen LogP contribution in [0, 0.1) is 101 Å². The minimum atomic E-state index is -3.39. The number of anilines is 1. The van der Waals surface area contributed by atoms with Crippen LogP contribution in [0.2, 0.25) is 0 Å². The third-order valence-electron chi connectivity index (χ3n) is 9.44. The van der Waals surface area contributed by atoms with E-state index in [4.69, 9.17) is 39.3 Å². The molecule has 0 fully saturated rings. The van der Waals surface area contributed by atoms with Crippen molar-refractivity contribution in [2.24, 2.45) is 16.2 Å². The summed E-state index contributed by atoms with van der Waals surface area (Å²) >= 11 is 1.55. The zero-order valence-corrected chi connectivity index (χ0v) is 62.0. The molecule has 0 bridgehead atoms. The van der Waals surface area contributed by atoms with E-state index in [-0.39, 0.29) is 104 Å². The predicted molar refractivity (Wildman–Crippen MR) is 316 cm³/mol. The van der Waals surface area contributed by atoms with Crippen LogP contribution in [0.3, 0.4) is 0 Å². The van der Waals surface area contributed by atoms with Crippen LogP contribution in [0.15, 0.2) is 52.5 Å². The standard InChI is InChI=1S/C17H24N2S.2C17H23N2S.3CH3.BrH.4ClH.2Hf.Mg/c3*1-11-7-12(2)15(13(3)8-11)14-9-20-16(19-14)18-10-17(4,5)6;;;;;;;;;;;/h7-9H,10H2,1-6H3,(H,18,19);2*7-9H,10H2,1-6H3;3*1H3;5*1H;;;/q;5*-1;;;;;;;+4;+2/p-5. The van der Waals surface area contributed by atoms with Crippen molar-refractivity contribution < 1.29 is 58.1 Å². The van der Waals surface area contributed by atoms with E-state index >= 15 is 0 Å². The average molecular weight is 1510 g/mol. The molecular formula is C54H79BrCl4Hf2MgN6S3-4. The van der Waals surface area contributed by atoms with Gasteiger partial charge in [0.15, 0.2) is 5.13 Å². The monoisotopic (exact) mass is 1510 g/mol. The van der Waals surface area contributed by atoms with Gasteiger partial charge in [-0.25, -0.2) is 4.98 Å². The molecule has 0 saturated carbocycles. The third kappa shape index (κ3) is 29.4. The maximum absolute atomic E-state index is 5.05. The Labute approximate surface area is 508 Å². The molecule has 17 heteroatoms. The van der Waals surface area contributed by atoms with Crippen LogP contribution < -0.4 is 22.3 Å². The quantitative estimate of drug-likeness (QED) is 0.116. The van der Waals surface area contributed by atoms with Gasteiger partial charge in [-0.3, -0.25) is 0 Å². The summed E-state index contributed by atoms with van der Waals surface area (Å²) in [5.74, 6) is 0. The van der Waals surface area contributed by atoms with E-state index < -0.39 is 15.2 Å². The number of rotatable bonds is 9. The number of aryl methyl sites for hydroxylation is 9. The van der Waals surface area contributed by atoms with E-state index in [0.717, 1.165) is 52.1 Å². The van der Waals surface area contributed by atoms with Crippen molar-refractivity contribution in [2.45, 2.75) is 125 Å². The Bertz CT molecular complexity index is 2150. The molecule has 3 aromatic carbocycles. The Hall–Kier alpha value is 0.0965. The molecule has 6 aromatic rings. The number of nitrogens with zero attached hydrogens (tertiary/aromatic N) is 5. The summed E-state index contributed by atoms with van der Waals surface area (Å²) in [4.78, 5) is 14.1. The van der Waals surface area contributed by atoms with Crippen LogP contribution in [0.1, 0.15) is 112 Å². The summed E-state index contributed by atoms with van der Waals surface area (Å²) in [6.45, 7) is 41.7. The van der Waals surface area contributed by atoms with Gasteiger partial charge in [0.1, 0.15) is 0 Å². The van der Waals surface area contributed by atoms with Gasteiger partial charge in [0.05, 0.1) is 5.69 Å². The normalized spacial score (nSPS) is 10.7. The Morgan fingerprint density at radius 2 is 0.732 bits per heavy atom. The van der Waals surface area contributed by atoms with Crippen LogP contribution in [-0.2, 0) is 41.1 Å². The number of hydrogen-bond donors (Lipinski definition) is 1. The molecule has 3 heterocycles. The van der Waals surface area contributed by atoms with Gasteiger partial charge >= 0.3 is 72.6 Å². The second-order valence-corrected chi connectivity index (χ2v) is 54.2. The van der Waals surface area contributed by atoms with E-state index in [1.165, 1.54) is 66.8 Å². The van der Waals surface area contributed by atoms with E-state index in [9.17, 15) is 0 Å². The predicted octanol–water partition coefficient (Wildman–Crippen LogP) is 17.5. The summed E-state index contributed by atoms with van der Waals surface area (Å²) in [7, 11) is 20.2. The number of hydrogen-bond acceptors (Lipinski definition) is 7. The maximum atomic E-state index is 5.05. The van der Waals surface area contributed by atoms with E-state index in [1.54, 1.807) is 34.0 Å². The number of thiazole rings is 3. The number of benzene rings is 3. The first kappa shape index (κ1) is 77.6. The molecule has 6 nitrogen and oxygen atoms in total. The van der Waals surface area contributed by atoms with E-state index in [0.29, 0.717) is 0 Å². The molecule has 0 aliphatic rings. The fourth-order valence-corrected chi connectivity index (χ4v) is 9.13. The summed E-state index contributed by atoms with van der Waals surface area (Å²) in [6.07, 6.45) is 0. The molecule has 0 amide bonds. The summed E-state index contributed by atoms with van der Waals surface area (Å²) < 4.78 is 0. The maximum Gasteiger partial charge on any atom is 2.00 e. The van der Waals surface area contributed by atoms with E-state index in [2.05, 4.69) is 203 Å². The smallest absolute Gasteiger partial charge is 0 e. The van der Waals surface area contributed by atoms with Crippen molar-refractivity contribution in [2.75, 3.05) is 25.0 Å². The Kier molecular flexibility index (Phi) is 37.2. The molecule has 0 saturated heterocycles. The van der Waals surface area contributed by atoms with Gasteiger partial charge < -0.3 is 65.2 Å². The molecular weight excluding hydrogens is 1430 g/mol. The summed E-state index contributed by atoms with van der Waals surface area (Å²) in [5.41, 5.74) is 19.3. The zero-order valence-electron chi connectivity index (χ0n) is 46.4. The topological polar surface area (TPSA) is 78.9 Å². The van der Waals surface area contributed by atoms with Crippen molar-refractivity contribution in [3.05, 3.63) is 136 Å². The van der Waals surface area contributed by atoms with E-state index in [1.807, 2.05) is 0 Å². The first-order valence-corrected chi connectivity index (χ1v) is 42.2. The van der Waals surface area contributed by atoms with Crippen molar-refractivity contribution in [1.82, 2.24) is 15.0 Å². The molecule has 0 unspecified atom stereocenters. The van der Waals surface area contributed by atoms with Gasteiger partial charge in [0, 0.05) is 43.3 Å². The molecule has 0 aliphatic carbocycles. The van der Waals surface area contributed by atoms with Crippen molar-refractivity contribution in [3.63, 3.8) is 0 Å². The molecule has 0 spiro atoms. The number of halogens is 5. The van der Waals surface area contributed by atoms with Crippen LogP contribution >= 0.6 is 68.3 Å². The van der Waals surface area contributed by atoms with Crippen molar-refractivity contribution in [3.8, 4) is 33.8 Å². The molecule has 6 rings (SSSR count). The van der Waals surface area contributed by atoms with Gasteiger partial charge in [-0.2, -0.15) is 22.7 Å². The Morgan fingerprint density at radius 3 is 0.986 bits per heavy atom. The Morgan fingerprint density at radius 1 is 0.479 bits per heavy atom. The minimum Gasteiger partial charge on any atom is 0 e.